The number of carbonyl (C=O) groups excluding carboxylic acids is 2. The molecule has 4 rings (SSSR count). The number of thioether (sulfide) groups is 1. The number of methoxy groups -OCH3 is 2. The lowest BCUT2D eigenvalue weighted by Gasteiger charge is -2.26. The van der Waals surface area contributed by atoms with Gasteiger partial charge in [-0.3, -0.25) is 14.6 Å². The first-order valence-electron chi connectivity index (χ1n) is 10.8. The molecule has 0 radical (unpaired) electrons. The molecular weight excluding hydrogens is 472 g/mol. The van der Waals surface area contributed by atoms with Gasteiger partial charge in [0.25, 0.3) is 5.91 Å². The van der Waals surface area contributed by atoms with Gasteiger partial charge in [-0.2, -0.15) is 11.8 Å². The van der Waals surface area contributed by atoms with Crippen LogP contribution in [-0.2, 0) is 4.79 Å². The van der Waals surface area contributed by atoms with Crippen molar-refractivity contribution in [2.24, 2.45) is 0 Å². The molecule has 3 aromatic rings. The zero-order chi connectivity index (χ0) is 24.9. The van der Waals surface area contributed by atoms with Crippen LogP contribution in [-0.4, -0.2) is 78.1 Å². The van der Waals surface area contributed by atoms with Crippen molar-refractivity contribution in [1.82, 2.24) is 9.88 Å². The maximum Gasteiger partial charge on any atom is 0.337 e. The summed E-state index contributed by atoms with van der Waals surface area (Å²) in [6.07, 6.45) is 1.15. The van der Waals surface area contributed by atoms with Crippen LogP contribution < -0.4 is 14.2 Å². The third-order valence-corrected chi connectivity index (χ3v) is 6.60. The van der Waals surface area contributed by atoms with E-state index < -0.39 is 11.8 Å². The van der Waals surface area contributed by atoms with Crippen LogP contribution in [0.25, 0.3) is 10.8 Å². The largest absolute Gasteiger partial charge is 0.493 e. The van der Waals surface area contributed by atoms with E-state index in [0.29, 0.717) is 41.1 Å². The van der Waals surface area contributed by atoms with Gasteiger partial charge < -0.3 is 24.2 Å². The number of carboxylic acids is 1. The number of nitrogens with zero attached hydrogens (tertiary/aromatic N) is 2. The van der Waals surface area contributed by atoms with Gasteiger partial charge in [-0.15, -0.1) is 0 Å². The molecule has 10 heteroatoms. The highest BCUT2D eigenvalue weighted by atomic mass is 32.2. The van der Waals surface area contributed by atoms with Crippen LogP contribution in [0.1, 0.15) is 26.4 Å². The molecule has 35 heavy (non-hydrogen) atoms. The van der Waals surface area contributed by atoms with Gasteiger partial charge in [0.05, 0.1) is 19.8 Å². The Kier molecular flexibility index (Phi) is 7.40. The second-order valence-corrected chi connectivity index (χ2v) is 8.94. The molecule has 1 amide bonds. The Morgan fingerprint density at radius 1 is 1.03 bits per heavy atom. The second-order valence-electron chi connectivity index (χ2n) is 7.72. The Morgan fingerprint density at radius 2 is 1.71 bits per heavy atom. The summed E-state index contributed by atoms with van der Waals surface area (Å²) in [4.78, 5) is 43.5. The highest BCUT2D eigenvalue weighted by Gasteiger charge is 2.22. The quantitative estimate of drug-likeness (QED) is 0.470. The fraction of sp³-hybridized carbons (Fsp3) is 0.280. The molecular formula is C25H24N2O7S. The molecule has 0 unspecified atom stereocenters. The van der Waals surface area contributed by atoms with Crippen molar-refractivity contribution >= 4 is 40.2 Å². The minimum Gasteiger partial charge on any atom is -0.493 e. The highest BCUT2D eigenvalue weighted by molar-refractivity contribution is 7.99. The number of benzene rings is 2. The molecule has 1 aromatic heterocycles. The summed E-state index contributed by atoms with van der Waals surface area (Å²) in [5, 5.41) is 10.2. The van der Waals surface area contributed by atoms with Crippen LogP contribution in [0, 0.1) is 0 Å². The Morgan fingerprint density at radius 3 is 2.37 bits per heavy atom. The summed E-state index contributed by atoms with van der Waals surface area (Å²) in [7, 11) is 2.89. The van der Waals surface area contributed by atoms with Crippen LogP contribution in [0.4, 0.5) is 0 Å². The number of ketones is 1. The third kappa shape index (κ3) is 5.17. The van der Waals surface area contributed by atoms with Crippen LogP contribution in [0.3, 0.4) is 0 Å². The maximum atomic E-state index is 13.4. The van der Waals surface area contributed by atoms with E-state index in [1.807, 2.05) is 11.8 Å². The van der Waals surface area contributed by atoms with Crippen molar-refractivity contribution in [2.45, 2.75) is 0 Å². The van der Waals surface area contributed by atoms with Gasteiger partial charge in [-0.1, -0.05) is 12.1 Å². The smallest absolute Gasteiger partial charge is 0.337 e. The highest BCUT2D eigenvalue weighted by Crippen LogP contribution is 2.35. The molecule has 182 valence electrons. The van der Waals surface area contributed by atoms with Crippen molar-refractivity contribution in [3.05, 3.63) is 59.4 Å². The van der Waals surface area contributed by atoms with Crippen LogP contribution in [0.5, 0.6) is 17.2 Å². The number of rotatable bonds is 8. The minimum atomic E-state index is -1.18. The lowest BCUT2D eigenvalue weighted by Crippen LogP contribution is -2.40. The van der Waals surface area contributed by atoms with E-state index in [2.05, 4.69) is 4.98 Å². The summed E-state index contributed by atoms with van der Waals surface area (Å²) >= 11 is 1.82. The summed E-state index contributed by atoms with van der Waals surface area (Å²) in [6.45, 7) is 1.28. The average Bonchev–Trinajstić information content (AvgIpc) is 2.90. The molecule has 0 spiro atoms. The number of pyridine rings is 1. The first kappa shape index (κ1) is 24.3. The van der Waals surface area contributed by atoms with Crippen LogP contribution >= 0.6 is 11.8 Å². The Labute approximate surface area is 206 Å². The number of amides is 1. The van der Waals surface area contributed by atoms with Gasteiger partial charge in [0.2, 0.25) is 5.78 Å². The number of aromatic carboxylic acids is 1. The molecule has 0 aliphatic carbocycles. The first-order chi connectivity index (χ1) is 16.9. The number of ether oxygens (including phenoxy) is 3. The topological polar surface area (TPSA) is 115 Å². The monoisotopic (exact) mass is 496 g/mol. The molecule has 0 bridgehead atoms. The number of carbonyl (C=O) groups is 3. The van der Waals surface area contributed by atoms with E-state index in [1.54, 1.807) is 29.2 Å². The lowest BCUT2D eigenvalue weighted by atomic mass is 9.99. The maximum absolute atomic E-state index is 13.4. The van der Waals surface area contributed by atoms with Crippen LogP contribution in [0.15, 0.2) is 42.6 Å². The molecule has 2 heterocycles. The summed E-state index contributed by atoms with van der Waals surface area (Å²) in [6, 6.07) is 9.53. The lowest BCUT2D eigenvalue weighted by molar-refractivity contribution is -0.133. The predicted octanol–water partition coefficient (Wildman–Crippen LogP) is 3.14. The SMILES string of the molecule is COc1cc2c(C(=O)O)cnc(C(=O)c3cccc(OCC(=O)N4CCSCC4)c3)c2cc1OC. The number of hydrogen-bond donors (Lipinski definition) is 1. The molecule has 2 aromatic carbocycles. The van der Waals surface area contributed by atoms with Crippen molar-refractivity contribution < 1.29 is 33.7 Å². The zero-order valence-corrected chi connectivity index (χ0v) is 20.1. The average molecular weight is 497 g/mol. The van der Waals surface area contributed by atoms with E-state index in [-0.39, 0.29) is 29.3 Å². The van der Waals surface area contributed by atoms with Gasteiger partial charge in [-0.25, -0.2) is 4.79 Å². The molecule has 1 aliphatic rings. The zero-order valence-electron chi connectivity index (χ0n) is 19.3. The van der Waals surface area contributed by atoms with E-state index in [9.17, 15) is 19.5 Å². The Hall–Kier alpha value is -3.79. The van der Waals surface area contributed by atoms with E-state index in [1.165, 1.54) is 26.4 Å². The van der Waals surface area contributed by atoms with Gasteiger partial charge in [-0.05, 0) is 24.3 Å². The molecule has 1 aliphatic heterocycles. The standard InChI is InChI=1S/C25H24N2O7S/c1-32-20-11-17-18(12-21(20)33-2)23(26-13-19(17)25(30)31)24(29)15-4-3-5-16(10-15)34-14-22(28)27-6-8-35-9-7-27/h3-5,10-13H,6-9,14H2,1-2H3,(H,30,31). The van der Waals surface area contributed by atoms with Crippen molar-refractivity contribution in [3.8, 4) is 17.2 Å². The van der Waals surface area contributed by atoms with E-state index in [0.717, 1.165) is 17.7 Å². The number of hydrogen-bond acceptors (Lipinski definition) is 8. The first-order valence-corrected chi connectivity index (χ1v) is 12.0. The van der Waals surface area contributed by atoms with Crippen molar-refractivity contribution in [3.63, 3.8) is 0 Å². The van der Waals surface area contributed by atoms with E-state index in [4.69, 9.17) is 14.2 Å². The minimum absolute atomic E-state index is 0.0602. The fourth-order valence-electron chi connectivity index (χ4n) is 3.83. The van der Waals surface area contributed by atoms with Gasteiger partial charge in [0.1, 0.15) is 11.4 Å². The molecule has 1 saturated heterocycles. The second kappa shape index (κ2) is 10.6. The number of aromatic nitrogens is 1. The molecule has 1 fully saturated rings. The van der Waals surface area contributed by atoms with Gasteiger partial charge >= 0.3 is 5.97 Å². The van der Waals surface area contributed by atoms with Gasteiger partial charge in [0.15, 0.2) is 18.1 Å². The fourth-order valence-corrected chi connectivity index (χ4v) is 4.73. The number of fused-ring (bicyclic) bond motifs is 1. The Balaban J connectivity index is 1.64. The summed E-state index contributed by atoms with van der Waals surface area (Å²) in [5.41, 5.74) is 0.283. The van der Waals surface area contributed by atoms with Gasteiger partial charge in [0, 0.05) is 47.1 Å². The number of carboxylic acid groups (broad SMARTS) is 1. The molecule has 1 N–H and O–H groups in total. The summed E-state index contributed by atoms with van der Waals surface area (Å²) < 4.78 is 16.3. The summed E-state index contributed by atoms with van der Waals surface area (Å²) in [5.74, 6) is 1.16. The normalized spacial score (nSPS) is 13.4. The molecule has 9 nitrogen and oxygen atoms in total. The van der Waals surface area contributed by atoms with Crippen molar-refractivity contribution in [1.29, 1.82) is 0 Å². The predicted molar refractivity (Wildman–Crippen MR) is 131 cm³/mol. The van der Waals surface area contributed by atoms with Crippen LogP contribution in [0.2, 0.25) is 0 Å². The molecule has 0 saturated carbocycles. The Bertz CT molecular complexity index is 1290. The third-order valence-electron chi connectivity index (χ3n) is 5.66. The molecule has 0 atom stereocenters. The van der Waals surface area contributed by atoms with Crippen molar-refractivity contribution in [2.75, 3.05) is 45.4 Å². The van der Waals surface area contributed by atoms with E-state index >= 15 is 0 Å².